The number of nitrogens with zero attached hydrogens (tertiary/aromatic N) is 1. The molecule has 5 nitrogen and oxygen atoms in total. The third-order valence-electron chi connectivity index (χ3n) is 7.57. The summed E-state index contributed by atoms with van der Waals surface area (Å²) in [7, 11) is 0. The zero-order valence-corrected chi connectivity index (χ0v) is 19.9. The van der Waals surface area contributed by atoms with Gasteiger partial charge >= 0.3 is 5.97 Å². The maximum absolute atomic E-state index is 12.8. The molecule has 2 fully saturated rings. The molecule has 1 N–H and O–H groups in total. The third kappa shape index (κ3) is 3.30. The van der Waals surface area contributed by atoms with E-state index in [1.54, 1.807) is 18.2 Å². The second-order valence-corrected chi connectivity index (χ2v) is 11.3. The highest BCUT2D eigenvalue weighted by Gasteiger charge is 2.58. The molecule has 1 aromatic heterocycles. The summed E-state index contributed by atoms with van der Waals surface area (Å²) in [4.78, 5) is 31.1. The van der Waals surface area contributed by atoms with Crippen molar-refractivity contribution in [2.75, 3.05) is 5.32 Å². The number of hydrogen-bond acceptors (Lipinski definition) is 5. The molecule has 1 saturated heterocycles. The topological polar surface area (TPSA) is 68.3 Å². The molecule has 1 aliphatic heterocycles. The first kappa shape index (κ1) is 21.2. The summed E-state index contributed by atoms with van der Waals surface area (Å²) in [5.41, 5.74) is 1.31. The molecule has 0 bridgehead atoms. The van der Waals surface area contributed by atoms with Crippen molar-refractivity contribution in [3.05, 3.63) is 44.4 Å². The molecule has 2 aliphatic carbocycles. The molecule has 2 aromatic rings. The van der Waals surface area contributed by atoms with Crippen LogP contribution < -0.4 is 5.32 Å². The molecule has 31 heavy (non-hydrogen) atoms. The summed E-state index contributed by atoms with van der Waals surface area (Å²) < 4.78 is 5.89. The lowest BCUT2D eigenvalue weighted by Gasteiger charge is -2.51. The van der Waals surface area contributed by atoms with Crippen LogP contribution in [0.1, 0.15) is 60.5 Å². The van der Waals surface area contributed by atoms with Crippen LogP contribution in [0, 0.1) is 23.2 Å². The minimum Gasteiger partial charge on any atom is -0.461 e. The van der Waals surface area contributed by atoms with E-state index in [-0.39, 0.29) is 52.6 Å². The number of amides is 1. The van der Waals surface area contributed by atoms with Crippen molar-refractivity contribution in [1.29, 1.82) is 0 Å². The summed E-state index contributed by atoms with van der Waals surface area (Å²) in [6.07, 6.45) is 2.91. The van der Waals surface area contributed by atoms with Crippen molar-refractivity contribution in [3.8, 4) is 0 Å². The Morgan fingerprint density at radius 2 is 1.97 bits per heavy atom. The number of benzene rings is 1. The van der Waals surface area contributed by atoms with Crippen LogP contribution in [0.4, 0.5) is 5.13 Å². The fraction of sp³-hybridized carbons (Fsp3) is 0.522. The van der Waals surface area contributed by atoms with E-state index >= 15 is 0 Å². The number of carbonyl (C=O) groups is 2. The SMILES string of the molecule is C[C@@H]1C(=O)O[C@H]2[C@H]1CC[C@]1(C)Cc3sc(NC(=O)c4c(Cl)cccc4Cl)nc3[C@@H](C)[C@H]21. The normalized spacial score (nSPS) is 33.8. The summed E-state index contributed by atoms with van der Waals surface area (Å²) in [5.74, 6) is 0.196. The zero-order chi connectivity index (χ0) is 22.1. The second-order valence-electron chi connectivity index (χ2n) is 9.42. The van der Waals surface area contributed by atoms with Crippen LogP contribution in [-0.4, -0.2) is 23.0 Å². The highest BCUT2D eigenvalue weighted by atomic mass is 35.5. The van der Waals surface area contributed by atoms with Gasteiger partial charge in [0.1, 0.15) is 6.10 Å². The van der Waals surface area contributed by atoms with E-state index in [0.717, 1.165) is 25.0 Å². The number of anilines is 1. The van der Waals surface area contributed by atoms with Crippen LogP contribution in [0.3, 0.4) is 0 Å². The lowest BCUT2D eigenvalue weighted by molar-refractivity contribution is -0.149. The summed E-state index contributed by atoms with van der Waals surface area (Å²) in [6.45, 7) is 6.48. The van der Waals surface area contributed by atoms with Crippen molar-refractivity contribution in [1.82, 2.24) is 4.98 Å². The lowest BCUT2D eigenvalue weighted by atomic mass is 9.54. The highest BCUT2D eigenvalue weighted by molar-refractivity contribution is 7.16. The Morgan fingerprint density at radius 1 is 1.26 bits per heavy atom. The summed E-state index contributed by atoms with van der Waals surface area (Å²) in [5, 5.41) is 4.05. The van der Waals surface area contributed by atoms with Gasteiger partial charge in [0.15, 0.2) is 5.13 Å². The minimum absolute atomic E-state index is 0.0335. The number of carbonyl (C=O) groups excluding carboxylic acids is 2. The first-order valence-electron chi connectivity index (χ1n) is 10.6. The number of thiazole rings is 1. The van der Waals surface area contributed by atoms with E-state index in [1.807, 2.05) is 6.92 Å². The number of halogens is 2. The molecule has 164 valence electrons. The van der Waals surface area contributed by atoms with Gasteiger partial charge in [0, 0.05) is 22.6 Å². The van der Waals surface area contributed by atoms with Gasteiger partial charge in [0.05, 0.1) is 27.2 Å². The number of esters is 1. The van der Waals surface area contributed by atoms with Crippen molar-refractivity contribution in [3.63, 3.8) is 0 Å². The monoisotopic (exact) mass is 478 g/mol. The number of aromatic nitrogens is 1. The molecule has 0 radical (unpaired) electrons. The molecule has 1 aromatic carbocycles. The molecular formula is C23H24Cl2N2O3S. The Bertz CT molecular complexity index is 1070. The summed E-state index contributed by atoms with van der Waals surface area (Å²) in [6, 6.07) is 4.99. The molecule has 8 heteroatoms. The van der Waals surface area contributed by atoms with E-state index in [1.165, 1.54) is 16.2 Å². The number of ether oxygens (including phenoxy) is 1. The van der Waals surface area contributed by atoms with Gasteiger partial charge in [-0.1, -0.05) is 50.0 Å². The van der Waals surface area contributed by atoms with Crippen LogP contribution in [0.25, 0.3) is 0 Å². The quantitative estimate of drug-likeness (QED) is 0.540. The Balaban J connectivity index is 1.44. The van der Waals surface area contributed by atoms with Crippen LogP contribution in [0.2, 0.25) is 10.0 Å². The van der Waals surface area contributed by atoms with Gasteiger partial charge in [-0.2, -0.15) is 0 Å². The van der Waals surface area contributed by atoms with Crippen molar-refractivity contribution >= 4 is 51.5 Å². The van der Waals surface area contributed by atoms with Gasteiger partial charge in [-0.25, -0.2) is 4.98 Å². The molecule has 1 saturated carbocycles. The fourth-order valence-electron chi connectivity index (χ4n) is 6.01. The fourth-order valence-corrected chi connectivity index (χ4v) is 7.83. The molecule has 6 atom stereocenters. The van der Waals surface area contributed by atoms with Gasteiger partial charge < -0.3 is 4.74 Å². The average molecular weight is 479 g/mol. The zero-order valence-electron chi connectivity index (χ0n) is 17.6. The van der Waals surface area contributed by atoms with Gasteiger partial charge in [0.2, 0.25) is 0 Å². The predicted octanol–water partition coefficient (Wildman–Crippen LogP) is 5.96. The van der Waals surface area contributed by atoms with Crippen molar-refractivity contribution < 1.29 is 14.3 Å². The molecule has 3 aliphatic rings. The van der Waals surface area contributed by atoms with Gasteiger partial charge in [-0.3, -0.25) is 14.9 Å². The number of nitrogens with one attached hydrogen (secondary N) is 1. The van der Waals surface area contributed by atoms with Crippen LogP contribution >= 0.6 is 34.5 Å². The number of hydrogen-bond donors (Lipinski definition) is 1. The van der Waals surface area contributed by atoms with Gasteiger partial charge in [-0.05, 0) is 36.8 Å². The van der Waals surface area contributed by atoms with Crippen LogP contribution in [0.5, 0.6) is 0 Å². The van der Waals surface area contributed by atoms with E-state index in [9.17, 15) is 9.59 Å². The summed E-state index contributed by atoms with van der Waals surface area (Å²) >= 11 is 13.9. The van der Waals surface area contributed by atoms with Crippen LogP contribution in [-0.2, 0) is 16.0 Å². The molecule has 0 spiro atoms. The maximum atomic E-state index is 12.8. The predicted molar refractivity (Wildman–Crippen MR) is 122 cm³/mol. The third-order valence-corrected chi connectivity index (χ3v) is 9.18. The minimum atomic E-state index is -0.364. The average Bonchev–Trinajstić information content (AvgIpc) is 3.21. The number of fused-ring (bicyclic) bond motifs is 4. The van der Waals surface area contributed by atoms with E-state index in [4.69, 9.17) is 32.9 Å². The first-order valence-corrected chi connectivity index (χ1v) is 12.2. The van der Waals surface area contributed by atoms with E-state index in [2.05, 4.69) is 19.2 Å². The molecule has 1 amide bonds. The largest absolute Gasteiger partial charge is 0.461 e. The first-order chi connectivity index (χ1) is 14.7. The van der Waals surface area contributed by atoms with Gasteiger partial charge in [-0.15, -0.1) is 11.3 Å². The Hall–Kier alpha value is -1.63. The van der Waals surface area contributed by atoms with Crippen LogP contribution in [0.15, 0.2) is 18.2 Å². The van der Waals surface area contributed by atoms with Crippen molar-refractivity contribution in [2.45, 2.75) is 52.1 Å². The van der Waals surface area contributed by atoms with E-state index in [0.29, 0.717) is 15.2 Å². The maximum Gasteiger partial charge on any atom is 0.309 e. The smallest absolute Gasteiger partial charge is 0.309 e. The van der Waals surface area contributed by atoms with E-state index < -0.39 is 0 Å². The standard InChI is InChI=1S/C23H24Cl2N2O3S/c1-10-12-7-8-23(3)9-15-18(11(2)17(23)19(12)30-21(10)29)26-22(31-15)27-20(28)16-13(24)5-4-6-14(16)25/h4-6,10-12,17,19H,7-9H2,1-3H3,(H,26,27,28)/t10-,11-,12-,17+,19-,23+/m0/s1. The molecule has 0 unspecified atom stereocenters. The molecule has 5 rings (SSSR count). The Morgan fingerprint density at radius 3 is 2.68 bits per heavy atom. The molecular weight excluding hydrogens is 455 g/mol. The molecule has 2 heterocycles. The Kier molecular flexibility index (Phi) is 5.11. The second kappa shape index (κ2) is 7.46. The lowest BCUT2D eigenvalue weighted by Crippen LogP contribution is -2.50. The number of rotatable bonds is 2. The highest BCUT2D eigenvalue weighted by Crippen LogP contribution is 2.59. The van der Waals surface area contributed by atoms with Gasteiger partial charge in [0.25, 0.3) is 5.91 Å². The van der Waals surface area contributed by atoms with Crippen molar-refractivity contribution in [2.24, 2.45) is 23.2 Å². The Labute approximate surface area is 195 Å².